The molecule has 0 aromatic heterocycles. The highest BCUT2D eigenvalue weighted by molar-refractivity contribution is 8.00. The first-order chi connectivity index (χ1) is 8.07. The normalized spacial score (nSPS) is 28.4. The number of amides is 1. The summed E-state index contributed by atoms with van der Waals surface area (Å²) in [6.45, 7) is 0. The van der Waals surface area contributed by atoms with Crippen molar-refractivity contribution in [2.75, 3.05) is 11.6 Å². The van der Waals surface area contributed by atoms with Crippen molar-refractivity contribution in [3.8, 4) is 0 Å². The molecular weight excluding hydrogens is 264 g/mol. The zero-order valence-electron chi connectivity index (χ0n) is 8.80. The summed E-state index contributed by atoms with van der Waals surface area (Å²) in [5, 5.41) is 8.92. The van der Waals surface area contributed by atoms with E-state index in [1.54, 1.807) is 12.2 Å². The highest BCUT2D eigenvalue weighted by Gasteiger charge is 2.51. The van der Waals surface area contributed by atoms with Crippen LogP contribution in [0.3, 0.4) is 0 Å². The van der Waals surface area contributed by atoms with Crippen LogP contribution in [0.4, 0.5) is 0 Å². The zero-order chi connectivity index (χ0) is 12.6. The second-order valence-corrected chi connectivity index (χ2v) is 5.08. The summed E-state index contributed by atoms with van der Waals surface area (Å²) in [5.74, 6) is -0.615. The fraction of sp³-hybridized carbons (Fsp3) is 0.400. The molecule has 2 rings (SSSR count). The van der Waals surface area contributed by atoms with E-state index in [0.29, 0.717) is 17.2 Å². The minimum atomic E-state index is -1.11. The van der Waals surface area contributed by atoms with Crippen molar-refractivity contribution in [2.45, 2.75) is 11.4 Å². The van der Waals surface area contributed by atoms with Gasteiger partial charge in [0.05, 0.1) is 0 Å². The molecule has 1 amide bonds. The van der Waals surface area contributed by atoms with E-state index in [4.69, 9.17) is 22.4 Å². The van der Waals surface area contributed by atoms with Crippen LogP contribution in [0.2, 0.25) is 0 Å². The SMILES string of the molecule is NC1C(=O)N2C(C(=O)O)=C(/C=C\CCl)CS[C@H]12. The number of carbonyl (C=O) groups is 2. The first kappa shape index (κ1) is 12.5. The maximum absolute atomic E-state index is 11.6. The monoisotopic (exact) mass is 274 g/mol. The van der Waals surface area contributed by atoms with Crippen LogP contribution in [0.1, 0.15) is 0 Å². The predicted octanol–water partition coefficient (Wildman–Crippen LogP) is 0.362. The van der Waals surface area contributed by atoms with Gasteiger partial charge in [-0.05, 0) is 5.57 Å². The maximum atomic E-state index is 11.6. The highest BCUT2D eigenvalue weighted by atomic mass is 35.5. The summed E-state index contributed by atoms with van der Waals surface area (Å²) in [4.78, 5) is 24.0. The fourth-order valence-corrected chi connectivity index (χ4v) is 3.21. The molecule has 17 heavy (non-hydrogen) atoms. The van der Waals surface area contributed by atoms with Gasteiger partial charge in [0, 0.05) is 11.6 Å². The maximum Gasteiger partial charge on any atom is 0.352 e. The van der Waals surface area contributed by atoms with Crippen LogP contribution in [-0.4, -0.2) is 44.9 Å². The Hall–Kier alpha value is -0.980. The van der Waals surface area contributed by atoms with Crippen LogP contribution in [0.5, 0.6) is 0 Å². The predicted molar refractivity (Wildman–Crippen MR) is 65.6 cm³/mol. The first-order valence-electron chi connectivity index (χ1n) is 4.97. The van der Waals surface area contributed by atoms with E-state index < -0.39 is 12.0 Å². The zero-order valence-corrected chi connectivity index (χ0v) is 10.4. The molecule has 0 spiro atoms. The van der Waals surface area contributed by atoms with Crippen molar-refractivity contribution in [3.05, 3.63) is 23.4 Å². The first-order valence-corrected chi connectivity index (χ1v) is 6.55. The molecule has 1 unspecified atom stereocenters. The number of nitrogens with zero attached hydrogens (tertiary/aromatic N) is 1. The minimum Gasteiger partial charge on any atom is -0.477 e. The molecule has 0 aliphatic carbocycles. The van der Waals surface area contributed by atoms with Crippen LogP contribution in [0.25, 0.3) is 0 Å². The van der Waals surface area contributed by atoms with Gasteiger partial charge in [-0.2, -0.15) is 0 Å². The highest BCUT2D eigenvalue weighted by Crippen LogP contribution is 2.39. The van der Waals surface area contributed by atoms with Crippen molar-refractivity contribution < 1.29 is 14.7 Å². The second kappa shape index (κ2) is 4.72. The molecule has 7 heteroatoms. The Labute approximate surface area is 107 Å². The lowest BCUT2D eigenvalue weighted by atomic mass is 10.0. The van der Waals surface area contributed by atoms with Crippen LogP contribution >= 0.6 is 23.4 Å². The van der Waals surface area contributed by atoms with E-state index in [9.17, 15) is 9.59 Å². The average Bonchev–Trinajstić information content (AvgIpc) is 2.33. The van der Waals surface area contributed by atoms with E-state index in [-0.39, 0.29) is 17.0 Å². The van der Waals surface area contributed by atoms with Gasteiger partial charge in [0.15, 0.2) is 0 Å². The number of alkyl halides is 1. The summed E-state index contributed by atoms with van der Waals surface area (Å²) in [6, 6.07) is -0.590. The van der Waals surface area contributed by atoms with Crippen molar-refractivity contribution in [3.63, 3.8) is 0 Å². The van der Waals surface area contributed by atoms with E-state index >= 15 is 0 Å². The van der Waals surface area contributed by atoms with Crippen LogP contribution in [0, 0.1) is 0 Å². The van der Waals surface area contributed by atoms with Crippen molar-refractivity contribution in [2.24, 2.45) is 5.73 Å². The van der Waals surface area contributed by atoms with Crippen LogP contribution in [-0.2, 0) is 9.59 Å². The van der Waals surface area contributed by atoms with Gasteiger partial charge in [0.25, 0.3) is 0 Å². The van der Waals surface area contributed by atoms with Crippen molar-refractivity contribution in [1.82, 2.24) is 4.90 Å². The molecule has 2 atom stereocenters. The molecule has 92 valence electrons. The molecule has 1 fully saturated rings. The van der Waals surface area contributed by atoms with E-state index in [2.05, 4.69) is 0 Å². The molecule has 2 aliphatic heterocycles. The van der Waals surface area contributed by atoms with Gasteiger partial charge >= 0.3 is 5.97 Å². The number of aliphatic carboxylic acids is 1. The smallest absolute Gasteiger partial charge is 0.352 e. The van der Waals surface area contributed by atoms with Crippen LogP contribution in [0.15, 0.2) is 23.4 Å². The van der Waals surface area contributed by atoms with E-state index in [1.807, 2.05) is 0 Å². The van der Waals surface area contributed by atoms with Crippen molar-refractivity contribution >= 4 is 35.2 Å². The van der Waals surface area contributed by atoms with Gasteiger partial charge in [-0.25, -0.2) is 4.79 Å². The van der Waals surface area contributed by atoms with Crippen LogP contribution < -0.4 is 5.73 Å². The lowest BCUT2D eigenvalue weighted by molar-refractivity contribution is -0.147. The largest absolute Gasteiger partial charge is 0.477 e. The molecule has 0 radical (unpaired) electrons. The Morgan fingerprint density at radius 2 is 2.41 bits per heavy atom. The van der Waals surface area contributed by atoms with Gasteiger partial charge in [-0.1, -0.05) is 12.2 Å². The quantitative estimate of drug-likeness (QED) is 0.574. The Kier molecular flexibility index (Phi) is 3.46. The Morgan fingerprint density at radius 1 is 1.71 bits per heavy atom. The Balaban J connectivity index is 2.36. The number of hydrogen-bond donors (Lipinski definition) is 2. The van der Waals surface area contributed by atoms with Crippen molar-refractivity contribution in [1.29, 1.82) is 0 Å². The Morgan fingerprint density at radius 3 is 3.00 bits per heavy atom. The molecule has 5 nitrogen and oxygen atoms in total. The molecule has 2 heterocycles. The molecule has 3 N–H and O–H groups in total. The van der Waals surface area contributed by atoms with E-state index in [1.165, 1.54) is 16.7 Å². The second-order valence-electron chi connectivity index (χ2n) is 3.67. The topological polar surface area (TPSA) is 83.6 Å². The third-order valence-electron chi connectivity index (χ3n) is 2.65. The van der Waals surface area contributed by atoms with Gasteiger partial charge < -0.3 is 10.8 Å². The summed E-state index contributed by atoms with van der Waals surface area (Å²) < 4.78 is 0. The number of carboxylic acid groups (broad SMARTS) is 1. The third kappa shape index (κ3) is 1.96. The number of thioether (sulfide) groups is 1. The number of carboxylic acids is 1. The standard InChI is InChI=1S/C10H11ClN2O3S/c11-3-1-2-5-4-17-9-6(12)8(14)13(9)7(5)10(15)16/h1-2,6,9H,3-4,12H2,(H,15,16)/b2-1-/t6?,9-/m1/s1. The number of nitrogens with two attached hydrogens (primary N) is 1. The molecule has 0 saturated carbocycles. The lowest BCUT2D eigenvalue weighted by Crippen LogP contribution is -2.68. The lowest BCUT2D eigenvalue weighted by Gasteiger charge is -2.47. The summed E-state index contributed by atoms with van der Waals surface area (Å²) in [7, 11) is 0. The minimum absolute atomic E-state index is 0.0295. The number of β-lactam (4-membered cyclic amide) rings is 1. The molecular formula is C10H11ClN2O3S. The fourth-order valence-electron chi connectivity index (χ4n) is 1.85. The van der Waals surface area contributed by atoms with Gasteiger partial charge in [-0.3, -0.25) is 9.69 Å². The Bertz CT molecular complexity index is 435. The van der Waals surface area contributed by atoms with Gasteiger partial charge in [0.2, 0.25) is 5.91 Å². The molecule has 0 aromatic carbocycles. The number of allylic oxidation sites excluding steroid dienone is 2. The number of fused-ring (bicyclic) bond motifs is 1. The average molecular weight is 275 g/mol. The number of halogens is 1. The number of rotatable bonds is 3. The summed E-state index contributed by atoms with van der Waals surface area (Å²) in [6.07, 6.45) is 3.31. The molecule has 0 bridgehead atoms. The van der Waals surface area contributed by atoms with Gasteiger partial charge in [0.1, 0.15) is 17.1 Å². The summed E-state index contributed by atoms with van der Waals surface area (Å²) in [5.41, 5.74) is 6.24. The number of carbonyl (C=O) groups excluding carboxylic acids is 1. The molecule has 0 aromatic rings. The number of hydrogen-bond acceptors (Lipinski definition) is 4. The third-order valence-corrected chi connectivity index (χ3v) is 4.15. The molecule has 1 saturated heterocycles. The van der Waals surface area contributed by atoms with E-state index in [0.717, 1.165) is 0 Å². The van der Waals surface area contributed by atoms with Gasteiger partial charge in [-0.15, -0.1) is 23.4 Å². The molecule has 2 aliphatic rings. The summed E-state index contributed by atoms with van der Waals surface area (Å²) >= 11 is 6.98.